The van der Waals surface area contributed by atoms with Gasteiger partial charge in [0, 0.05) is 23.7 Å². The molecule has 4 aromatic rings. The Balaban J connectivity index is 1.32. The molecule has 0 spiro atoms. The van der Waals surface area contributed by atoms with Gasteiger partial charge in [0.15, 0.2) is 0 Å². The number of hydrogen-bond donors (Lipinski definition) is 1. The zero-order valence-corrected chi connectivity index (χ0v) is 22.5. The van der Waals surface area contributed by atoms with Gasteiger partial charge in [-0.2, -0.15) is 5.26 Å². The number of amides is 2. The minimum Gasteiger partial charge on any atom is -0.489 e. The predicted octanol–water partition coefficient (Wildman–Crippen LogP) is 6.70. The van der Waals surface area contributed by atoms with E-state index in [2.05, 4.69) is 11.4 Å². The van der Waals surface area contributed by atoms with E-state index in [9.17, 15) is 14.9 Å². The Morgan fingerprint density at radius 3 is 2.02 bits per heavy atom. The van der Waals surface area contributed by atoms with E-state index in [0.717, 1.165) is 22.5 Å². The average Bonchev–Trinajstić information content (AvgIpc) is 3.01. The zero-order valence-electron chi connectivity index (χ0n) is 21.7. The minimum atomic E-state index is -0.404. The van der Waals surface area contributed by atoms with Crippen LogP contribution in [0.4, 0.5) is 11.4 Å². The van der Waals surface area contributed by atoms with Crippen LogP contribution in [0.2, 0.25) is 0 Å². The van der Waals surface area contributed by atoms with Crippen LogP contribution in [-0.2, 0) is 16.2 Å². The van der Waals surface area contributed by atoms with Gasteiger partial charge in [0.2, 0.25) is 11.8 Å². The molecule has 198 valence electrons. The number of rotatable bonds is 9. The molecule has 0 fully saturated rings. The SMILES string of the molecule is N#CC1=C(SCC(=O)N(c2ccccc2)c2ccccc2)NC(=O)CC1c1ccc(OCc2ccccc2)cc1. The number of hydrogen-bond acceptors (Lipinski definition) is 5. The Bertz CT molecular complexity index is 1490. The molecule has 1 aliphatic rings. The first kappa shape index (κ1) is 26.8. The van der Waals surface area contributed by atoms with Crippen LogP contribution in [0.3, 0.4) is 0 Å². The van der Waals surface area contributed by atoms with Crippen LogP contribution in [0, 0.1) is 11.3 Å². The van der Waals surface area contributed by atoms with Crippen molar-refractivity contribution in [2.24, 2.45) is 0 Å². The molecule has 1 aliphatic heterocycles. The molecule has 2 amide bonds. The fraction of sp³-hybridized carbons (Fsp3) is 0.121. The summed E-state index contributed by atoms with van der Waals surface area (Å²) in [5, 5.41) is 13.3. The summed E-state index contributed by atoms with van der Waals surface area (Å²) >= 11 is 1.18. The molecule has 1 atom stereocenters. The summed E-state index contributed by atoms with van der Waals surface area (Å²) in [4.78, 5) is 27.8. The van der Waals surface area contributed by atoms with Crippen LogP contribution >= 0.6 is 11.8 Å². The number of carbonyl (C=O) groups excluding carboxylic acids is 2. The van der Waals surface area contributed by atoms with Gasteiger partial charge in [-0.05, 0) is 47.5 Å². The van der Waals surface area contributed by atoms with Gasteiger partial charge in [0.25, 0.3) is 0 Å². The van der Waals surface area contributed by atoms with Crippen LogP contribution in [0.1, 0.15) is 23.5 Å². The first-order chi connectivity index (χ1) is 19.6. The predicted molar refractivity (Wildman–Crippen MR) is 158 cm³/mol. The van der Waals surface area contributed by atoms with Crippen molar-refractivity contribution < 1.29 is 14.3 Å². The second-order valence-corrected chi connectivity index (χ2v) is 10.2. The van der Waals surface area contributed by atoms with Gasteiger partial charge in [0.1, 0.15) is 12.4 Å². The molecule has 5 rings (SSSR count). The van der Waals surface area contributed by atoms with Gasteiger partial charge >= 0.3 is 0 Å². The highest BCUT2D eigenvalue weighted by atomic mass is 32.2. The number of ether oxygens (including phenoxy) is 1. The largest absolute Gasteiger partial charge is 0.489 e. The van der Waals surface area contributed by atoms with Crippen molar-refractivity contribution in [2.45, 2.75) is 18.9 Å². The average molecular weight is 546 g/mol. The number of carbonyl (C=O) groups is 2. The molecule has 40 heavy (non-hydrogen) atoms. The summed E-state index contributed by atoms with van der Waals surface area (Å²) in [6.45, 7) is 0.452. The lowest BCUT2D eigenvalue weighted by Crippen LogP contribution is -2.32. The van der Waals surface area contributed by atoms with Crippen molar-refractivity contribution >= 4 is 35.0 Å². The van der Waals surface area contributed by atoms with Crippen LogP contribution in [0.5, 0.6) is 5.75 Å². The maximum atomic E-state index is 13.5. The van der Waals surface area contributed by atoms with Crippen molar-refractivity contribution in [3.63, 3.8) is 0 Å². The van der Waals surface area contributed by atoms with Gasteiger partial charge < -0.3 is 10.1 Å². The van der Waals surface area contributed by atoms with Crippen LogP contribution < -0.4 is 15.0 Å². The molecule has 0 aromatic heterocycles. The van der Waals surface area contributed by atoms with E-state index in [1.54, 1.807) is 4.90 Å². The molecule has 1 heterocycles. The summed E-state index contributed by atoms with van der Waals surface area (Å²) in [5.74, 6) is -0.00466. The Labute approximate surface area is 237 Å². The molecular weight excluding hydrogens is 518 g/mol. The fourth-order valence-corrected chi connectivity index (χ4v) is 5.47. The van der Waals surface area contributed by atoms with Gasteiger partial charge in [0.05, 0.1) is 22.4 Å². The lowest BCUT2D eigenvalue weighted by molar-refractivity contribution is -0.121. The fourth-order valence-electron chi connectivity index (χ4n) is 4.54. The third-order valence-corrected chi connectivity index (χ3v) is 7.51. The van der Waals surface area contributed by atoms with Crippen molar-refractivity contribution in [1.82, 2.24) is 5.32 Å². The molecule has 0 aliphatic carbocycles. The number of benzene rings is 4. The van der Waals surface area contributed by atoms with Crippen LogP contribution in [-0.4, -0.2) is 17.6 Å². The molecule has 1 unspecified atom stereocenters. The van der Waals surface area contributed by atoms with E-state index >= 15 is 0 Å². The van der Waals surface area contributed by atoms with Crippen molar-refractivity contribution in [3.8, 4) is 11.8 Å². The lowest BCUT2D eigenvalue weighted by atomic mass is 9.87. The monoisotopic (exact) mass is 545 g/mol. The van der Waals surface area contributed by atoms with Crippen molar-refractivity contribution in [2.75, 3.05) is 10.7 Å². The standard InChI is InChI=1S/C33H27N3O3S/c34-21-30-29(25-16-18-28(19-17-25)39-22-24-10-4-1-5-11-24)20-31(37)35-33(30)40-23-32(38)36(26-12-6-2-7-13-26)27-14-8-3-9-15-27/h1-19,29H,20,22-23H2,(H,35,37). The highest BCUT2D eigenvalue weighted by Crippen LogP contribution is 2.37. The van der Waals surface area contributed by atoms with E-state index < -0.39 is 5.92 Å². The number of nitriles is 1. The quantitative estimate of drug-likeness (QED) is 0.253. The molecule has 6 nitrogen and oxygen atoms in total. The topological polar surface area (TPSA) is 82.4 Å². The second kappa shape index (κ2) is 12.8. The number of nitrogens with zero attached hydrogens (tertiary/aromatic N) is 2. The Hall–Kier alpha value is -4.80. The third kappa shape index (κ3) is 6.42. The normalized spacial score (nSPS) is 14.7. The van der Waals surface area contributed by atoms with Crippen LogP contribution in [0.25, 0.3) is 0 Å². The maximum absolute atomic E-state index is 13.5. The van der Waals surface area contributed by atoms with Crippen molar-refractivity contribution in [1.29, 1.82) is 5.26 Å². The Morgan fingerprint density at radius 2 is 1.45 bits per heavy atom. The number of thioether (sulfide) groups is 1. The molecular formula is C33H27N3O3S. The van der Waals surface area contributed by atoms with Gasteiger partial charge in [-0.3, -0.25) is 14.5 Å². The number of allylic oxidation sites excluding steroid dienone is 1. The summed E-state index contributed by atoms with van der Waals surface area (Å²) in [7, 11) is 0. The van der Waals surface area contributed by atoms with E-state index in [0.29, 0.717) is 23.0 Å². The summed E-state index contributed by atoms with van der Waals surface area (Å²) in [5.41, 5.74) is 3.85. The van der Waals surface area contributed by atoms with E-state index in [1.165, 1.54) is 11.8 Å². The number of nitrogens with one attached hydrogen (secondary N) is 1. The maximum Gasteiger partial charge on any atom is 0.241 e. The lowest BCUT2D eigenvalue weighted by Gasteiger charge is -2.26. The molecule has 0 saturated carbocycles. The zero-order chi connectivity index (χ0) is 27.7. The number of anilines is 2. The Kier molecular flexibility index (Phi) is 8.60. The smallest absolute Gasteiger partial charge is 0.241 e. The highest BCUT2D eigenvalue weighted by molar-refractivity contribution is 8.03. The third-order valence-electron chi connectivity index (χ3n) is 6.50. The van der Waals surface area contributed by atoms with E-state index in [-0.39, 0.29) is 24.0 Å². The second-order valence-electron chi connectivity index (χ2n) is 9.19. The molecule has 0 bridgehead atoms. The molecule has 0 radical (unpaired) electrons. The van der Waals surface area contributed by atoms with Crippen LogP contribution in [0.15, 0.2) is 126 Å². The minimum absolute atomic E-state index is 0.0452. The Morgan fingerprint density at radius 1 is 0.875 bits per heavy atom. The van der Waals surface area contributed by atoms with E-state index in [4.69, 9.17) is 4.74 Å². The molecule has 4 aromatic carbocycles. The summed E-state index contributed by atoms with van der Waals surface area (Å²) < 4.78 is 5.89. The van der Waals surface area contributed by atoms with Gasteiger partial charge in [-0.15, -0.1) is 0 Å². The molecule has 1 N–H and O–H groups in total. The molecule has 0 saturated heterocycles. The van der Waals surface area contributed by atoms with Crippen molar-refractivity contribution in [3.05, 3.63) is 137 Å². The van der Waals surface area contributed by atoms with E-state index in [1.807, 2.05) is 115 Å². The highest BCUT2D eigenvalue weighted by Gasteiger charge is 2.30. The first-order valence-corrected chi connectivity index (χ1v) is 13.9. The number of para-hydroxylation sites is 2. The van der Waals surface area contributed by atoms with Gasteiger partial charge in [-0.1, -0.05) is 90.6 Å². The van der Waals surface area contributed by atoms with Gasteiger partial charge in [-0.25, -0.2) is 0 Å². The molecule has 7 heteroatoms. The summed E-state index contributed by atoms with van der Waals surface area (Å²) in [6, 6.07) is 38.5. The first-order valence-electron chi connectivity index (χ1n) is 12.9. The summed E-state index contributed by atoms with van der Waals surface area (Å²) in [6.07, 6.45) is 0.158.